The molecule has 0 amide bonds. The fourth-order valence-electron chi connectivity index (χ4n) is 1.65. The van der Waals surface area contributed by atoms with E-state index in [0.717, 1.165) is 0 Å². The third kappa shape index (κ3) is 1.71. The lowest BCUT2D eigenvalue weighted by molar-refractivity contribution is 0.791. The highest BCUT2D eigenvalue weighted by molar-refractivity contribution is 5.83. The number of fused-ring (bicyclic) bond motifs is 1. The largest absolute Gasteiger partial charge is 0.368 e. The van der Waals surface area contributed by atoms with Crippen molar-refractivity contribution in [2.45, 2.75) is 13.0 Å². The number of rotatable bonds is 3. The molecule has 0 radical (unpaired) electrons. The molecule has 0 fully saturated rings. The first-order valence-corrected chi connectivity index (χ1v) is 5.32. The van der Waals surface area contributed by atoms with Crippen molar-refractivity contribution in [2.75, 3.05) is 11.1 Å². The van der Waals surface area contributed by atoms with Crippen molar-refractivity contribution in [1.29, 1.82) is 0 Å². The molecule has 9 nitrogen and oxygen atoms in total. The first kappa shape index (κ1) is 10.4. The van der Waals surface area contributed by atoms with Crippen LogP contribution in [0.25, 0.3) is 11.2 Å². The second kappa shape index (κ2) is 3.95. The van der Waals surface area contributed by atoms with Gasteiger partial charge in [-0.25, -0.2) is 9.97 Å². The fraction of sp³-hybridized carbons (Fsp3) is 0.222. The number of hydrogen-bond donors (Lipinski definition) is 4. The summed E-state index contributed by atoms with van der Waals surface area (Å²) in [5.74, 6) is 1.46. The number of imidazole rings is 1. The summed E-state index contributed by atoms with van der Waals surface area (Å²) in [7, 11) is 0. The summed E-state index contributed by atoms with van der Waals surface area (Å²) >= 11 is 0. The van der Waals surface area contributed by atoms with Crippen molar-refractivity contribution < 1.29 is 0 Å². The van der Waals surface area contributed by atoms with Crippen LogP contribution in [0.3, 0.4) is 0 Å². The van der Waals surface area contributed by atoms with E-state index in [1.807, 2.05) is 6.92 Å². The van der Waals surface area contributed by atoms with Crippen LogP contribution in [0.1, 0.15) is 18.8 Å². The topological polar surface area (TPSA) is 134 Å². The molecule has 0 saturated heterocycles. The Kier molecular flexibility index (Phi) is 2.29. The summed E-state index contributed by atoms with van der Waals surface area (Å²) in [6.07, 6.45) is 3.00. The number of aromatic amines is 2. The molecule has 1 atom stereocenters. The van der Waals surface area contributed by atoms with Crippen LogP contribution in [0, 0.1) is 0 Å². The van der Waals surface area contributed by atoms with E-state index in [2.05, 4.69) is 40.4 Å². The predicted octanol–water partition coefficient (Wildman–Crippen LogP) is 0.226. The van der Waals surface area contributed by atoms with Crippen molar-refractivity contribution in [3.05, 3.63) is 18.5 Å². The zero-order valence-corrected chi connectivity index (χ0v) is 9.55. The second-order valence-corrected chi connectivity index (χ2v) is 3.77. The van der Waals surface area contributed by atoms with Crippen LogP contribution in [-0.2, 0) is 0 Å². The average molecular weight is 245 g/mol. The van der Waals surface area contributed by atoms with Gasteiger partial charge in [-0.2, -0.15) is 15.1 Å². The lowest BCUT2D eigenvalue weighted by atomic mass is 10.3. The maximum atomic E-state index is 5.63. The van der Waals surface area contributed by atoms with Gasteiger partial charge in [-0.05, 0) is 6.92 Å². The standard InChI is InChI=1S/C9H11N9/c1-4(6-13-3-14-18-6)15-8-5-7(12-2-11-5)16-9(10)17-8/h2-4H,1H3,(H,13,14,18)(H4,10,11,12,15,16,17). The molecule has 3 rings (SSSR count). The van der Waals surface area contributed by atoms with Crippen LogP contribution in [-0.4, -0.2) is 35.1 Å². The van der Waals surface area contributed by atoms with Crippen molar-refractivity contribution in [1.82, 2.24) is 35.1 Å². The molecule has 5 N–H and O–H groups in total. The van der Waals surface area contributed by atoms with E-state index in [4.69, 9.17) is 5.73 Å². The summed E-state index contributed by atoms with van der Waals surface area (Å²) < 4.78 is 0. The minimum absolute atomic E-state index is 0.0895. The lowest BCUT2D eigenvalue weighted by Crippen LogP contribution is -2.11. The van der Waals surface area contributed by atoms with Gasteiger partial charge in [0.05, 0.1) is 12.4 Å². The minimum Gasteiger partial charge on any atom is -0.368 e. The predicted molar refractivity (Wildman–Crippen MR) is 64.5 cm³/mol. The quantitative estimate of drug-likeness (QED) is 0.518. The maximum Gasteiger partial charge on any atom is 0.224 e. The molecule has 0 saturated carbocycles. The first-order valence-electron chi connectivity index (χ1n) is 5.32. The van der Waals surface area contributed by atoms with Gasteiger partial charge in [0.25, 0.3) is 0 Å². The Bertz CT molecular complexity index is 656. The zero-order chi connectivity index (χ0) is 12.5. The first-order chi connectivity index (χ1) is 8.74. The second-order valence-electron chi connectivity index (χ2n) is 3.77. The molecule has 18 heavy (non-hydrogen) atoms. The van der Waals surface area contributed by atoms with E-state index in [9.17, 15) is 0 Å². The highest BCUT2D eigenvalue weighted by Crippen LogP contribution is 2.21. The number of nitrogens with one attached hydrogen (secondary N) is 3. The summed E-state index contributed by atoms with van der Waals surface area (Å²) in [5, 5.41) is 9.77. The van der Waals surface area contributed by atoms with E-state index in [1.165, 1.54) is 6.33 Å². The Morgan fingerprint density at radius 3 is 3.00 bits per heavy atom. The molecular weight excluding hydrogens is 234 g/mol. The molecule has 92 valence electrons. The van der Waals surface area contributed by atoms with Crippen LogP contribution >= 0.6 is 0 Å². The van der Waals surface area contributed by atoms with Gasteiger partial charge >= 0.3 is 0 Å². The molecule has 0 aliphatic carbocycles. The summed E-state index contributed by atoms with van der Waals surface area (Å²) in [5.41, 5.74) is 6.85. The van der Waals surface area contributed by atoms with Crippen LogP contribution in [0.15, 0.2) is 12.7 Å². The van der Waals surface area contributed by atoms with Crippen LogP contribution in [0.2, 0.25) is 0 Å². The Hall–Kier alpha value is -2.71. The van der Waals surface area contributed by atoms with Crippen molar-refractivity contribution >= 4 is 22.9 Å². The van der Waals surface area contributed by atoms with Gasteiger partial charge in [0.15, 0.2) is 11.5 Å². The SMILES string of the molecule is CC(Nc1nc(N)nc2nc[nH]c12)c1ncn[nH]1. The van der Waals surface area contributed by atoms with Gasteiger partial charge in [0, 0.05) is 0 Å². The van der Waals surface area contributed by atoms with Crippen molar-refractivity contribution in [2.24, 2.45) is 0 Å². The molecule has 1 unspecified atom stereocenters. The minimum atomic E-state index is -0.0895. The van der Waals surface area contributed by atoms with E-state index in [-0.39, 0.29) is 12.0 Å². The molecule has 0 aromatic carbocycles. The monoisotopic (exact) mass is 245 g/mol. The molecule has 3 aromatic rings. The summed E-state index contributed by atoms with van der Waals surface area (Å²) in [6, 6.07) is -0.0895. The highest BCUT2D eigenvalue weighted by Gasteiger charge is 2.13. The Morgan fingerprint density at radius 1 is 1.33 bits per heavy atom. The Labute approximate surface area is 101 Å². The van der Waals surface area contributed by atoms with Crippen molar-refractivity contribution in [3.8, 4) is 0 Å². The number of anilines is 2. The Morgan fingerprint density at radius 2 is 2.22 bits per heavy atom. The smallest absolute Gasteiger partial charge is 0.224 e. The fourth-order valence-corrected chi connectivity index (χ4v) is 1.65. The molecular formula is C9H11N9. The van der Waals surface area contributed by atoms with Gasteiger partial charge in [-0.15, -0.1) is 0 Å². The highest BCUT2D eigenvalue weighted by atomic mass is 15.2. The summed E-state index contributed by atoms with van der Waals surface area (Å²) in [4.78, 5) is 19.2. The molecule has 9 heteroatoms. The van der Waals surface area contributed by atoms with E-state index < -0.39 is 0 Å². The molecule has 0 spiro atoms. The zero-order valence-electron chi connectivity index (χ0n) is 9.55. The summed E-state index contributed by atoms with van der Waals surface area (Å²) in [6.45, 7) is 1.93. The van der Waals surface area contributed by atoms with Crippen LogP contribution < -0.4 is 11.1 Å². The number of H-pyrrole nitrogens is 2. The molecule has 0 aliphatic heterocycles. The van der Waals surface area contributed by atoms with Gasteiger partial charge < -0.3 is 16.0 Å². The van der Waals surface area contributed by atoms with Gasteiger partial charge in [-0.3, -0.25) is 5.10 Å². The van der Waals surface area contributed by atoms with Crippen LogP contribution in [0.5, 0.6) is 0 Å². The van der Waals surface area contributed by atoms with Gasteiger partial charge in [0.1, 0.15) is 17.7 Å². The van der Waals surface area contributed by atoms with E-state index in [1.54, 1.807) is 6.33 Å². The van der Waals surface area contributed by atoms with Gasteiger partial charge in [-0.1, -0.05) is 0 Å². The van der Waals surface area contributed by atoms with Crippen LogP contribution in [0.4, 0.5) is 11.8 Å². The number of nitrogens with zero attached hydrogens (tertiary/aromatic N) is 5. The lowest BCUT2D eigenvalue weighted by Gasteiger charge is -2.12. The number of nitrogens with two attached hydrogens (primary N) is 1. The molecule has 0 bridgehead atoms. The number of hydrogen-bond acceptors (Lipinski definition) is 7. The number of nitrogen functional groups attached to an aromatic ring is 1. The molecule has 3 aromatic heterocycles. The van der Waals surface area contributed by atoms with E-state index in [0.29, 0.717) is 22.8 Å². The number of aromatic nitrogens is 7. The van der Waals surface area contributed by atoms with Crippen molar-refractivity contribution in [3.63, 3.8) is 0 Å². The van der Waals surface area contributed by atoms with Gasteiger partial charge in [0.2, 0.25) is 5.95 Å². The van der Waals surface area contributed by atoms with E-state index >= 15 is 0 Å². The maximum absolute atomic E-state index is 5.63. The normalized spacial score (nSPS) is 12.7. The third-order valence-corrected chi connectivity index (χ3v) is 2.50. The third-order valence-electron chi connectivity index (χ3n) is 2.50. The molecule has 0 aliphatic rings. The molecule has 3 heterocycles. The Balaban J connectivity index is 1.97. The average Bonchev–Trinajstić information content (AvgIpc) is 2.98.